The number of hydrogen-bond donors (Lipinski definition) is 2. The van der Waals surface area contributed by atoms with Gasteiger partial charge in [0.15, 0.2) is 0 Å². The van der Waals surface area contributed by atoms with Crippen molar-refractivity contribution < 1.29 is 0 Å². The molecular weight excluding hydrogens is 286 g/mol. The van der Waals surface area contributed by atoms with Crippen LogP contribution in [0.2, 0.25) is 0 Å². The van der Waals surface area contributed by atoms with Crippen LogP contribution in [0.25, 0.3) is 10.6 Å². The van der Waals surface area contributed by atoms with Crippen molar-refractivity contribution in [2.75, 3.05) is 0 Å². The Labute approximate surface area is 107 Å². The molecule has 0 aliphatic carbocycles. The Morgan fingerprint density at radius 1 is 1.62 bits per heavy atom. The van der Waals surface area contributed by atoms with Crippen LogP contribution in [0.15, 0.2) is 22.1 Å². The number of rotatable bonds is 3. The number of nitrogens with two attached hydrogens (primary N) is 1. The summed E-state index contributed by atoms with van der Waals surface area (Å²) in [6, 6.07) is 2.07. The molecule has 2 aromatic heterocycles. The summed E-state index contributed by atoms with van der Waals surface area (Å²) >= 11 is 5.12. The molecule has 0 aliphatic heterocycles. The standard InChI is InChI=1S/C11H14BrN3S/c1-3-11(2,13)10-14-5-8(15-10)9-4-7(12)6-16-9/h4-6H,3,13H2,1-2H3,(H,14,15). The van der Waals surface area contributed by atoms with E-state index in [9.17, 15) is 0 Å². The second-order valence-corrected chi connectivity index (χ2v) is 5.87. The van der Waals surface area contributed by atoms with Gasteiger partial charge in [-0.2, -0.15) is 0 Å². The average molecular weight is 300 g/mol. The van der Waals surface area contributed by atoms with Crippen LogP contribution in [0, 0.1) is 0 Å². The third-order valence-corrected chi connectivity index (χ3v) is 4.41. The second kappa shape index (κ2) is 4.31. The van der Waals surface area contributed by atoms with E-state index in [4.69, 9.17) is 5.73 Å². The molecule has 86 valence electrons. The number of hydrogen-bond acceptors (Lipinski definition) is 3. The fourth-order valence-electron chi connectivity index (χ4n) is 1.36. The lowest BCUT2D eigenvalue weighted by Gasteiger charge is -2.19. The summed E-state index contributed by atoms with van der Waals surface area (Å²) < 4.78 is 1.09. The van der Waals surface area contributed by atoms with Gasteiger partial charge in [-0.05, 0) is 35.3 Å². The normalized spacial score (nSPS) is 15.0. The van der Waals surface area contributed by atoms with Gasteiger partial charge < -0.3 is 10.7 Å². The van der Waals surface area contributed by atoms with E-state index in [1.54, 1.807) is 11.3 Å². The van der Waals surface area contributed by atoms with Crippen LogP contribution >= 0.6 is 27.3 Å². The van der Waals surface area contributed by atoms with Gasteiger partial charge in [0.2, 0.25) is 0 Å². The van der Waals surface area contributed by atoms with Crippen molar-refractivity contribution in [1.29, 1.82) is 0 Å². The largest absolute Gasteiger partial charge is 0.340 e. The van der Waals surface area contributed by atoms with E-state index in [1.807, 2.05) is 13.1 Å². The Morgan fingerprint density at radius 3 is 2.94 bits per heavy atom. The number of H-pyrrole nitrogens is 1. The molecule has 0 spiro atoms. The molecule has 2 heterocycles. The lowest BCUT2D eigenvalue weighted by molar-refractivity contribution is 0.450. The Hall–Kier alpha value is -0.650. The average Bonchev–Trinajstić information content (AvgIpc) is 2.85. The number of nitrogens with one attached hydrogen (secondary N) is 1. The van der Waals surface area contributed by atoms with Crippen LogP contribution in [0.3, 0.4) is 0 Å². The minimum absolute atomic E-state index is 0.382. The quantitative estimate of drug-likeness (QED) is 0.911. The molecule has 16 heavy (non-hydrogen) atoms. The molecule has 0 aromatic carbocycles. The molecule has 3 N–H and O–H groups in total. The molecule has 2 aromatic rings. The van der Waals surface area contributed by atoms with Crippen molar-refractivity contribution in [2.45, 2.75) is 25.8 Å². The lowest BCUT2D eigenvalue weighted by atomic mass is 10.0. The highest BCUT2D eigenvalue weighted by Crippen LogP contribution is 2.30. The summed E-state index contributed by atoms with van der Waals surface area (Å²) in [5.74, 6) is 0.842. The van der Waals surface area contributed by atoms with E-state index in [0.717, 1.165) is 27.3 Å². The predicted octanol–water partition coefficient (Wildman–Crippen LogP) is 3.48. The number of nitrogens with zero attached hydrogens (tertiary/aromatic N) is 1. The van der Waals surface area contributed by atoms with Crippen molar-refractivity contribution >= 4 is 27.3 Å². The summed E-state index contributed by atoms with van der Waals surface area (Å²) in [4.78, 5) is 8.81. The van der Waals surface area contributed by atoms with Gasteiger partial charge >= 0.3 is 0 Å². The van der Waals surface area contributed by atoms with E-state index >= 15 is 0 Å². The molecule has 1 unspecified atom stereocenters. The van der Waals surface area contributed by atoms with Crippen molar-refractivity contribution in [3.63, 3.8) is 0 Å². The van der Waals surface area contributed by atoms with Crippen molar-refractivity contribution in [1.82, 2.24) is 9.97 Å². The number of aromatic amines is 1. The molecule has 5 heteroatoms. The van der Waals surface area contributed by atoms with E-state index in [-0.39, 0.29) is 5.54 Å². The fourth-order valence-corrected chi connectivity index (χ4v) is 2.75. The van der Waals surface area contributed by atoms with Gasteiger partial charge in [0.25, 0.3) is 0 Å². The SMILES string of the molecule is CCC(C)(N)c1ncc(-c2cc(Br)cs2)[nH]1. The molecule has 0 saturated carbocycles. The maximum atomic E-state index is 6.13. The van der Waals surface area contributed by atoms with Gasteiger partial charge in [0, 0.05) is 9.85 Å². The number of imidazole rings is 1. The Kier molecular flexibility index (Phi) is 3.19. The summed E-state index contributed by atoms with van der Waals surface area (Å²) in [6.45, 7) is 4.05. The highest BCUT2D eigenvalue weighted by Gasteiger charge is 2.22. The van der Waals surface area contributed by atoms with Crippen LogP contribution in [0.5, 0.6) is 0 Å². The molecule has 3 nitrogen and oxygen atoms in total. The number of thiophene rings is 1. The zero-order chi connectivity index (χ0) is 11.8. The van der Waals surface area contributed by atoms with Crippen LogP contribution in [-0.2, 0) is 5.54 Å². The van der Waals surface area contributed by atoms with E-state index in [2.05, 4.69) is 44.3 Å². The van der Waals surface area contributed by atoms with Crippen molar-refractivity contribution in [3.8, 4) is 10.6 Å². The monoisotopic (exact) mass is 299 g/mol. The van der Waals surface area contributed by atoms with Crippen LogP contribution < -0.4 is 5.73 Å². The Morgan fingerprint density at radius 2 is 2.38 bits per heavy atom. The minimum atomic E-state index is -0.382. The maximum absolute atomic E-state index is 6.13. The zero-order valence-electron chi connectivity index (χ0n) is 9.25. The first kappa shape index (κ1) is 11.8. The number of aromatic nitrogens is 2. The lowest BCUT2D eigenvalue weighted by Crippen LogP contribution is -2.33. The summed E-state index contributed by atoms with van der Waals surface area (Å²) in [5.41, 5.74) is 6.78. The van der Waals surface area contributed by atoms with Gasteiger partial charge in [-0.1, -0.05) is 6.92 Å². The van der Waals surface area contributed by atoms with Gasteiger partial charge in [0.05, 0.1) is 22.3 Å². The summed E-state index contributed by atoms with van der Waals surface area (Å²) in [5, 5.41) is 2.05. The third-order valence-electron chi connectivity index (χ3n) is 2.68. The van der Waals surface area contributed by atoms with E-state index in [0.29, 0.717) is 0 Å². The molecule has 2 rings (SSSR count). The summed E-state index contributed by atoms with van der Waals surface area (Å²) in [7, 11) is 0. The second-order valence-electron chi connectivity index (χ2n) is 4.05. The number of halogens is 1. The van der Waals surface area contributed by atoms with E-state index < -0.39 is 0 Å². The molecule has 1 atom stereocenters. The molecule has 0 fully saturated rings. The van der Waals surface area contributed by atoms with E-state index in [1.165, 1.54) is 0 Å². The van der Waals surface area contributed by atoms with Gasteiger partial charge in [-0.15, -0.1) is 11.3 Å². The summed E-state index contributed by atoms with van der Waals surface area (Å²) in [6.07, 6.45) is 2.70. The zero-order valence-corrected chi connectivity index (χ0v) is 11.7. The van der Waals surface area contributed by atoms with Crippen molar-refractivity contribution in [3.05, 3.63) is 27.9 Å². The van der Waals surface area contributed by atoms with Gasteiger partial charge in [-0.3, -0.25) is 0 Å². The Balaban J connectivity index is 2.33. The first-order valence-corrected chi connectivity index (χ1v) is 6.79. The third kappa shape index (κ3) is 2.21. The van der Waals surface area contributed by atoms with Gasteiger partial charge in [0.1, 0.15) is 5.82 Å². The first-order chi connectivity index (χ1) is 7.53. The highest BCUT2D eigenvalue weighted by atomic mass is 79.9. The van der Waals surface area contributed by atoms with Gasteiger partial charge in [-0.25, -0.2) is 4.98 Å². The fraction of sp³-hybridized carbons (Fsp3) is 0.364. The molecule has 0 bridgehead atoms. The predicted molar refractivity (Wildman–Crippen MR) is 71.4 cm³/mol. The minimum Gasteiger partial charge on any atom is -0.340 e. The molecule has 0 radical (unpaired) electrons. The molecule has 0 saturated heterocycles. The van der Waals surface area contributed by atoms with Crippen LogP contribution in [0.1, 0.15) is 26.1 Å². The molecule has 0 aliphatic rings. The van der Waals surface area contributed by atoms with Crippen LogP contribution in [0.4, 0.5) is 0 Å². The Bertz CT molecular complexity index is 487. The smallest absolute Gasteiger partial charge is 0.126 e. The molecule has 0 amide bonds. The van der Waals surface area contributed by atoms with Crippen LogP contribution in [-0.4, -0.2) is 9.97 Å². The first-order valence-electron chi connectivity index (χ1n) is 5.11. The van der Waals surface area contributed by atoms with Crippen molar-refractivity contribution in [2.24, 2.45) is 5.73 Å². The maximum Gasteiger partial charge on any atom is 0.126 e. The highest BCUT2D eigenvalue weighted by molar-refractivity contribution is 9.10. The molecular formula is C11H14BrN3S. The topological polar surface area (TPSA) is 54.7 Å².